The fourth-order valence-corrected chi connectivity index (χ4v) is 2.94. The van der Waals surface area contributed by atoms with Crippen LogP contribution in [0.25, 0.3) is 10.2 Å². The third-order valence-corrected chi connectivity index (χ3v) is 3.94. The summed E-state index contributed by atoms with van der Waals surface area (Å²) < 4.78 is 25.3. The Hall–Kier alpha value is -1.30. The molecule has 17 heavy (non-hydrogen) atoms. The molecule has 3 nitrogen and oxygen atoms in total. The van der Waals surface area contributed by atoms with Crippen LogP contribution in [0.3, 0.4) is 0 Å². The smallest absolute Gasteiger partial charge is 0.243 e. The van der Waals surface area contributed by atoms with E-state index >= 15 is 0 Å². The largest absolute Gasteiger partial charge is 0.355 e. The van der Waals surface area contributed by atoms with Crippen LogP contribution in [0.1, 0.15) is 6.42 Å². The van der Waals surface area contributed by atoms with Gasteiger partial charge < -0.3 is 4.90 Å². The number of halogens is 2. The van der Waals surface area contributed by atoms with E-state index in [1.807, 2.05) is 16.3 Å². The maximum Gasteiger partial charge on any atom is 0.243 e. The summed E-state index contributed by atoms with van der Waals surface area (Å²) in [6.07, 6.45) is -0.197. The second-order valence-corrected chi connectivity index (χ2v) is 5.06. The van der Waals surface area contributed by atoms with Crippen molar-refractivity contribution in [3.8, 4) is 0 Å². The molecule has 1 fully saturated rings. The fourth-order valence-electron chi connectivity index (χ4n) is 2.21. The standard InChI is InChI=1S/C11H11F2N3S/c12-9(13)7-1-3-16(5-7)10-8-2-4-17-11(8)15-6-14-10/h2,4,6-7,9H,1,3,5H2. The van der Waals surface area contributed by atoms with Crippen molar-refractivity contribution >= 4 is 27.4 Å². The Morgan fingerprint density at radius 3 is 3.06 bits per heavy atom. The number of hydrogen-bond acceptors (Lipinski definition) is 4. The number of rotatable bonds is 2. The van der Waals surface area contributed by atoms with Crippen molar-refractivity contribution in [3.63, 3.8) is 0 Å². The van der Waals surface area contributed by atoms with Crippen LogP contribution in [-0.4, -0.2) is 29.5 Å². The second kappa shape index (κ2) is 4.18. The van der Waals surface area contributed by atoms with Gasteiger partial charge in [-0.3, -0.25) is 0 Å². The molecule has 0 amide bonds. The van der Waals surface area contributed by atoms with Gasteiger partial charge in [-0.1, -0.05) is 0 Å². The SMILES string of the molecule is FC(F)C1CCN(c2ncnc3sccc23)C1. The number of fused-ring (bicyclic) bond motifs is 1. The Bertz CT molecular complexity index is 528. The molecule has 3 heterocycles. The summed E-state index contributed by atoms with van der Waals surface area (Å²) in [6.45, 7) is 1.04. The van der Waals surface area contributed by atoms with E-state index in [-0.39, 0.29) is 0 Å². The lowest BCUT2D eigenvalue weighted by atomic mass is 10.1. The first-order chi connectivity index (χ1) is 8.25. The maximum atomic E-state index is 12.6. The van der Waals surface area contributed by atoms with Gasteiger partial charge in [0.2, 0.25) is 6.43 Å². The molecule has 1 aliphatic heterocycles. The molecule has 1 atom stereocenters. The predicted molar refractivity (Wildman–Crippen MR) is 63.7 cm³/mol. The molecule has 1 unspecified atom stereocenters. The third-order valence-electron chi connectivity index (χ3n) is 3.12. The molecule has 0 N–H and O–H groups in total. The minimum atomic E-state index is -2.24. The summed E-state index contributed by atoms with van der Waals surface area (Å²) in [6, 6.07) is 1.95. The van der Waals surface area contributed by atoms with Crippen molar-refractivity contribution in [2.45, 2.75) is 12.8 Å². The first-order valence-corrected chi connectivity index (χ1v) is 6.35. The Morgan fingerprint density at radius 2 is 2.29 bits per heavy atom. The lowest BCUT2D eigenvalue weighted by Gasteiger charge is -2.17. The van der Waals surface area contributed by atoms with Gasteiger partial charge in [0.15, 0.2) is 0 Å². The highest BCUT2D eigenvalue weighted by atomic mass is 32.1. The van der Waals surface area contributed by atoms with Crippen molar-refractivity contribution in [1.29, 1.82) is 0 Å². The van der Waals surface area contributed by atoms with Gasteiger partial charge in [-0.25, -0.2) is 18.7 Å². The molecule has 90 valence electrons. The molecule has 0 aromatic carbocycles. The first kappa shape index (κ1) is 10.8. The molecule has 0 spiro atoms. The van der Waals surface area contributed by atoms with E-state index in [1.54, 1.807) is 11.3 Å². The number of hydrogen-bond donors (Lipinski definition) is 0. The summed E-state index contributed by atoms with van der Waals surface area (Å²) in [5, 5.41) is 2.91. The monoisotopic (exact) mass is 255 g/mol. The van der Waals surface area contributed by atoms with Gasteiger partial charge in [-0.15, -0.1) is 11.3 Å². The van der Waals surface area contributed by atoms with Crippen molar-refractivity contribution < 1.29 is 8.78 Å². The summed E-state index contributed by atoms with van der Waals surface area (Å²) in [7, 11) is 0. The van der Waals surface area contributed by atoms with Gasteiger partial charge in [-0.05, 0) is 17.9 Å². The highest BCUT2D eigenvalue weighted by molar-refractivity contribution is 7.16. The molecule has 1 aliphatic rings. The average Bonchev–Trinajstić information content (AvgIpc) is 2.97. The summed E-state index contributed by atoms with van der Waals surface area (Å²) in [4.78, 5) is 11.2. The van der Waals surface area contributed by atoms with Gasteiger partial charge in [0, 0.05) is 19.0 Å². The molecule has 3 rings (SSSR count). The van der Waals surface area contributed by atoms with E-state index in [0.717, 1.165) is 16.0 Å². The van der Waals surface area contributed by atoms with Crippen LogP contribution in [0.4, 0.5) is 14.6 Å². The summed E-state index contributed by atoms with van der Waals surface area (Å²) in [5.41, 5.74) is 0. The zero-order valence-corrected chi connectivity index (χ0v) is 9.83. The van der Waals surface area contributed by atoms with Crippen molar-refractivity contribution in [3.05, 3.63) is 17.8 Å². The molecule has 0 radical (unpaired) electrons. The molecule has 2 aromatic rings. The van der Waals surface area contributed by atoms with E-state index in [0.29, 0.717) is 19.5 Å². The Kier molecular flexibility index (Phi) is 2.66. The number of aromatic nitrogens is 2. The molecular formula is C11H11F2N3S. The van der Waals surface area contributed by atoms with Gasteiger partial charge in [0.1, 0.15) is 17.0 Å². The normalized spacial score (nSPS) is 20.6. The van der Waals surface area contributed by atoms with Crippen LogP contribution >= 0.6 is 11.3 Å². The molecule has 0 aliphatic carbocycles. The quantitative estimate of drug-likeness (QED) is 0.826. The van der Waals surface area contributed by atoms with Crippen LogP contribution < -0.4 is 4.90 Å². The second-order valence-electron chi connectivity index (χ2n) is 4.17. The highest BCUT2D eigenvalue weighted by Gasteiger charge is 2.30. The van der Waals surface area contributed by atoms with E-state index in [4.69, 9.17) is 0 Å². The van der Waals surface area contributed by atoms with Crippen LogP contribution in [0, 0.1) is 5.92 Å². The van der Waals surface area contributed by atoms with E-state index in [2.05, 4.69) is 9.97 Å². The fraction of sp³-hybridized carbons (Fsp3) is 0.455. The first-order valence-electron chi connectivity index (χ1n) is 5.47. The Morgan fingerprint density at radius 1 is 1.41 bits per heavy atom. The van der Waals surface area contributed by atoms with Gasteiger partial charge in [-0.2, -0.15) is 0 Å². The van der Waals surface area contributed by atoms with E-state index in [1.165, 1.54) is 6.33 Å². The molecule has 1 saturated heterocycles. The molecule has 2 aromatic heterocycles. The summed E-state index contributed by atoms with van der Waals surface area (Å²) >= 11 is 1.54. The van der Waals surface area contributed by atoms with E-state index in [9.17, 15) is 8.78 Å². The van der Waals surface area contributed by atoms with Gasteiger partial charge in [0.25, 0.3) is 0 Å². The van der Waals surface area contributed by atoms with Crippen molar-refractivity contribution in [2.24, 2.45) is 5.92 Å². The third kappa shape index (κ3) is 1.86. The number of thiophene rings is 1. The topological polar surface area (TPSA) is 29.0 Å². The molecule has 0 bridgehead atoms. The molecular weight excluding hydrogens is 244 g/mol. The average molecular weight is 255 g/mol. The predicted octanol–water partition coefficient (Wildman–Crippen LogP) is 2.78. The van der Waals surface area contributed by atoms with Gasteiger partial charge in [0.05, 0.1) is 5.39 Å². The number of nitrogens with zero attached hydrogens (tertiary/aromatic N) is 3. The lowest BCUT2D eigenvalue weighted by molar-refractivity contribution is 0.0880. The summed E-state index contributed by atoms with van der Waals surface area (Å²) in [5.74, 6) is 0.262. The van der Waals surface area contributed by atoms with Crippen molar-refractivity contribution in [2.75, 3.05) is 18.0 Å². The minimum absolute atomic E-state index is 0.389. The van der Waals surface area contributed by atoms with Crippen LogP contribution in [0.2, 0.25) is 0 Å². The number of alkyl halides is 2. The Balaban J connectivity index is 1.92. The zero-order chi connectivity index (χ0) is 11.8. The molecule has 0 saturated carbocycles. The number of anilines is 1. The Labute approximate surface area is 101 Å². The lowest BCUT2D eigenvalue weighted by Crippen LogP contribution is -2.23. The van der Waals surface area contributed by atoms with Crippen LogP contribution in [0.15, 0.2) is 17.8 Å². The van der Waals surface area contributed by atoms with Crippen LogP contribution in [0.5, 0.6) is 0 Å². The molecule has 6 heteroatoms. The minimum Gasteiger partial charge on any atom is -0.355 e. The maximum absolute atomic E-state index is 12.6. The highest BCUT2D eigenvalue weighted by Crippen LogP contribution is 2.31. The van der Waals surface area contributed by atoms with E-state index < -0.39 is 12.3 Å². The van der Waals surface area contributed by atoms with Crippen molar-refractivity contribution in [1.82, 2.24) is 9.97 Å². The zero-order valence-electron chi connectivity index (χ0n) is 9.01. The van der Waals surface area contributed by atoms with Gasteiger partial charge >= 0.3 is 0 Å². The van der Waals surface area contributed by atoms with Crippen LogP contribution in [-0.2, 0) is 0 Å².